The normalized spacial score (nSPS) is 13.8. The molecule has 1 N–H and O–H groups in total. The zero-order valence-corrected chi connectivity index (χ0v) is 16.5. The first-order chi connectivity index (χ1) is 11.3. The first-order valence-corrected chi connectivity index (χ1v) is 10.1. The van der Waals surface area contributed by atoms with Gasteiger partial charge in [-0.05, 0) is 0 Å². The Bertz CT molecular complexity index is 419. The van der Waals surface area contributed by atoms with Crippen molar-refractivity contribution in [2.24, 2.45) is 0 Å². The molecule has 0 aromatic carbocycles. The summed E-state index contributed by atoms with van der Waals surface area (Å²) in [7, 11) is -3.35. The van der Waals surface area contributed by atoms with Crippen LogP contribution in [0.4, 0.5) is 0 Å². The van der Waals surface area contributed by atoms with E-state index in [1.54, 1.807) is 11.6 Å². The van der Waals surface area contributed by atoms with Gasteiger partial charge in [0.1, 0.15) is 0 Å². The van der Waals surface area contributed by atoms with Crippen molar-refractivity contribution in [3.05, 3.63) is 0 Å². The summed E-state index contributed by atoms with van der Waals surface area (Å²) in [5.41, 5.74) is 0. The Morgan fingerprint density at radius 3 is 2.00 bits per heavy atom. The van der Waals surface area contributed by atoms with Gasteiger partial charge in [0.15, 0.2) is 0 Å². The number of nitrogens with one attached hydrogen (secondary N) is 1. The molecule has 0 aliphatic heterocycles. The number of esters is 2. The zero-order chi connectivity index (χ0) is 18.6. The standard InChI is InChI=1S/C13H25Cl2N2O6P/c1-4-16-24(20,17(8-6-14)9-7-15)21-10-5-13(22-11(2)18)23-12(3)19/h13H,4-10H2,1-3H3,(H,16,20). The second kappa shape index (κ2) is 12.9. The van der Waals surface area contributed by atoms with E-state index in [-0.39, 0.29) is 24.8 Å². The molecule has 0 aliphatic rings. The Labute approximate surface area is 152 Å². The van der Waals surface area contributed by atoms with Crippen molar-refractivity contribution in [3.63, 3.8) is 0 Å². The fourth-order valence-corrected chi connectivity index (χ4v) is 4.36. The fourth-order valence-electron chi connectivity index (χ4n) is 1.78. The van der Waals surface area contributed by atoms with Gasteiger partial charge in [-0.3, -0.25) is 14.2 Å². The lowest BCUT2D eigenvalue weighted by Crippen LogP contribution is -2.33. The molecule has 0 amide bonds. The predicted molar refractivity (Wildman–Crippen MR) is 92.2 cm³/mol. The largest absolute Gasteiger partial charge is 0.425 e. The van der Waals surface area contributed by atoms with Crippen molar-refractivity contribution in [3.8, 4) is 0 Å². The first-order valence-electron chi connectivity index (χ1n) is 7.50. The molecule has 0 radical (unpaired) electrons. The van der Waals surface area contributed by atoms with Crippen LogP contribution in [0, 0.1) is 0 Å². The number of hydrogen-bond donors (Lipinski definition) is 1. The number of nitrogens with zero attached hydrogens (tertiary/aromatic N) is 1. The molecule has 0 saturated heterocycles. The van der Waals surface area contributed by atoms with Crippen molar-refractivity contribution in [1.82, 2.24) is 9.76 Å². The summed E-state index contributed by atoms with van der Waals surface area (Å²) < 4.78 is 29.8. The smallest absolute Gasteiger partial charge is 0.343 e. The van der Waals surface area contributed by atoms with E-state index in [4.69, 9.17) is 37.2 Å². The molecule has 0 heterocycles. The van der Waals surface area contributed by atoms with Gasteiger partial charge in [0.2, 0.25) is 6.29 Å². The van der Waals surface area contributed by atoms with Crippen molar-refractivity contribution in [1.29, 1.82) is 0 Å². The molecule has 0 aromatic heterocycles. The van der Waals surface area contributed by atoms with E-state index in [0.29, 0.717) is 19.6 Å². The van der Waals surface area contributed by atoms with Gasteiger partial charge in [-0.15, -0.1) is 23.2 Å². The molecule has 0 saturated carbocycles. The van der Waals surface area contributed by atoms with Crippen molar-refractivity contribution in [2.75, 3.05) is 38.0 Å². The van der Waals surface area contributed by atoms with Gasteiger partial charge < -0.3 is 14.0 Å². The molecule has 0 spiro atoms. The summed E-state index contributed by atoms with van der Waals surface area (Å²) in [6.45, 7) is 5.20. The second-order valence-corrected chi connectivity index (χ2v) is 7.57. The Hall–Kier alpha value is -0.370. The maximum absolute atomic E-state index is 13.0. The predicted octanol–water partition coefficient (Wildman–Crippen LogP) is 2.34. The molecule has 142 valence electrons. The highest BCUT2D eigenvalue weighted by Gasteiger charge is 2.31. The summed E-state index contributed by atoms with van der Waals surface area (Å²) in [6, 6.07) is 0. The number of carbonyl (C=O) groups excluding carboxylic acids is 2. The van der Waals surface area contributed by atoms with E-state index in [2.05, 4.69) is 5.09 Å². The minimum Gasteiger partial charge on any atom is -0.425 e. The summed E-state index contributed by atoms with van der Waals surface area (Å²) in [6.07, 6.45) is -1.05. The Morgan fingerprint density at radius 2 is 1.62 bits per heavy atom. The Balaban J connectivity index is 4.82. The Kier molecular flexibility index (Phi) is 12.7. The van der Waals surface area contributed by atoms with E-state index < -0.39 is 25.9 Å². The van der Waals surface area contributed by atoms with Crippen LogP contribution < -0.4 is 5.09 Å². The van der Waals surface area contributed by atoms with Crippen LogP contribution in [0.1, 0.15) is 27.2 Å². The van der Waals surface area contributed by atoms with Gasteiger partial charge in [0, 0.05) is 51.7 Å². The summed E-state index contributed by atoms with van der Waals surface area (Å²) in [5.74, 6) is -0.665. The lowest BCUT2D eigenvalue weighted by atomic mass is 10.4. The van der Waals surface area contributed by atoms with Gasteiger partial charge >= 0.3 is 19.6 Å². The molecule has 0 fully saturated rings. The van der Waals surface area contributed by atoms with E-state index in [0.717, 1.165) is 0 Å². The molecular formula is C13H25Cl2N2O6P. The third-order valence-corrected chi connectivity index (χ3v) is 5.36. The molecule has 24 heavy (non-hydrogen) atoms. The van der Waals surface area contributed by atoms with Crippen LogP contribution in [-0.4, -0.2) is 60.9 Å². The average molecular weight is 407 g/mol. The third kappa shape index (κ3) is 9.81. The van der Waals surface area contributed by atoms with E-state index in [1.807, 2.05) is 0 Å². The molecule has 0 aliphatic carbocycles. The number of rotatable bonds is 13. The monoisotopic (exact) mass is 406 g/mol. The van der Waals surface area contributed by atoms with Crippen molar-refractivity contribution < 1.29 is 28.2 Å². The van der Waals surface area contributed by atoms with Crippen LogP contribution in [0.3, 0.4) is 0 Å². The van der Waals surface area contributed by atoms with Crippen molar-refractivity contribution >= 4 is 42.8 Å². The highest BCUT2D eigenvalue weighted by molar-refractivity contribution is 7.54. The van der Waals surface area contributed by atoms with Crippen LogP contribution in [0.25, 0.3) is 0 Å². The van der Waals surface area contributed by atoms with Crippen LogP contribution in [-0.2, 0) is 28.2 Å². The maximum Gasteiger partial charge on any atom is 0.343 e. The molecule has 0 rings (SSSR count). The number of hydrogen-bond acceptors (Lipinski definition) is 6. The maximum atomic E-state index is 13.0. The average Bonchev–Trinajstić information content (AvgIpc) is 2.46. The summed E-state index contributed by atoms with van der Waals surface area (Å²) >= 11 is 11.5. The molecule has 0 bridgehead atoms. The van der Waals surface area contributed by atoms with Gasteiger partial charge in [0.25, 0.3) is 0 Å². The SMILES string of the molecule is CCNP(=O)(OCCC(OC(C)=O)OC(C)=O)N(CCCl)CCCl. The second-order valence-electron chi connectivity index (χ2n) is 4.63. The molecular weight excluding hydrogens is 382 g/mol. The lowest BCUT2D eigenvalue weighted by Gasteiger charge is -2.30. The number of halogens is 2. The van der Waals surface area contributed by atoms with E-state index in [1.165, 1.54) is 13.8 Å². The summed E-state index contributed by atoms with van der Waals surface area (Å²) in [4.78, 5) is 22.0. The number of alkyl halides is 2. The minimum atomic E-state index is -3.35. The molecule has 8 nitrogen and oxygen atoms in total. The van der Waals surface area contributed by atoms with Crippen molar-refractivity contribution in [2.45, 2.75) is 33.5 Å². The molecule has 11 heteroatoms. The zero-order valence-electron chi connectivity index (χ0n) is 14.1. The molecule has 0 aromatic rings. The highest BCUT2D eigenvalue weighted by Crippen LogP contribution is 2.46. The third-order valence-electron chi connectivity index (χ3n) is 2.63. The number of ether oxygens (including phenoxy) is 2. The minimum absolute atomic E-state index is 0.0458. The number of carbonyl (C=O) groups is 2. The molecule has 1 unspecified atom stereocenters. The topological polar surface area (TPSA) is 94.2 Å². The first kappa shape index (κ1) is 23.6. The van der Waals surface area contributed by atoms with Gasteiger partial charge in [0.05, 0.1) is 6.61 Å². The Morgan fingerprint density at radius 1 is 1.12 bits per heavy atom. The van der Waals surface area contributed by atoms with Crippen LogP contribution in [0.5, 0.6) is 0 Å². The van der Waals surface area contributed by atoms with Gasteiger partial charge in [-0.25, -0.2) is 9.76 Å². The van der Waals surface area contributed by atoms with Gasteiger partial charge in [-0.1, -0.05) is 6.92 Å². The lowest BCUT2D eigenvalue weighted by molar-refractivity contribution is -0.186. The van der Waals surface area contributed by atoms with E-state index >= 15 is 0 Å². The summed E-state index contributed by atoms with van der Waals surface area (Å²) in [5, 5.41) is 2.81. The van der Waals surface area contributed by atoms with Gasteiger partial charge in [-0.2, -0.15) is 0 Å². The van der Waals surface area contributed by atoms with Crippen LogP contribution in [0.2, 0.25) is 0 Å². The van der Waals surface area contributed by atoms with E-state index in [9.17, 15) is 14.2 Å². The van der Waals surface area contributed by atoms with Crippen LogP contribution in [0.15, 0.2) is 0 Å². The highest BCUT2D eigenvalue weighted by atomic mass is 35.5. The quantitative estimate of drug-likeness (QED) is 0.215. The molecule has 1 atom stereocenters. The van der Waals surface area contributed by atoms with Crippen LogP contribution >= 0.6 is 30.9 Å². The fraction of sp³-hybridized carbons (Fsp3) is 0.846.